The maximum Gasteiger partial charge on any atom is 0.226 e. The molecule has 0 aliphatic rings. The van der Waals surface area contributed by atoms with Gasteiger partial charge in [0.2, 0.25) is 5.91 Å². The van der Waals surface area contributed by atoms with Gasteiger partial charge in [0.1, 0.15) is 5.01 Å². The van der Waals surface area contributed by atoms with Crippen molar-refractivity contribution in [2.75, 3.05) is 6.54 Å². The molecule has 0 saturated heterocycles. The van der Waals surface area contributed by atoms with E-state index in [0.717, 1.165) is 35.1 Å². The number of hydrogen-bond acceptors (Lipinski definition) is 4. The van der Waals surface area contributed by atoms with E-state index >= 15 is 0 Å². The molecular formula is C19H27N3OS. The van der Waals surface area contributed by atoms with Gasteiger partial charge >= 0.3 is 0 Å². The van der Waals surface area contributed by atoms with Crippen molar-refractivity contribution < 1.29 is 4.79 Å². The van der Waals surface area contributed by atoms with Gasteiger partial charge in [-0.1, -0.05) is 39.5 Å². The summed E-state index contributed by atoms with van der Waals surface area (Å²) < 4.78 is 0. The fourth-order valence-electron chi connectivity index (χ4n) is 2.50. The molecule has 5 heteroatoms. The molecule has 0 aliphatic heterocycles. The SMILES string of the molecule is CC(C)CCCCCCNC(=O)Cc1csc(-c2cccnc2)n1. The Bertz CT molecular complexity index is 610. The van der Waals surface area contributed by atoms with Crippen LogP contribution in [0.1, 0.15) is 51.6 Å². The lowest BCUT2D eigenvalue weighted by atomic mass is 10.0. The number of unbranched alkanes of at least 4 members (excludes halogenated alkanes) is 3. The molecule has 0 atom stereocenters. The monoisotopic (exact) mass is 345 g/mol. The molecule has 1 N–H and O–H groups in total. The Balaban J connectivity index is 1.64. The number of hydrogen-bond donors (Lipinski definition) is 1. The van der Waals surface area contributed by atoms with Gasteiger partial charge in [0.25, 0.3) is 0 Å². The lowest BCUT2D eigenvalue weighted by Crippen LogP contribution is -2.26. The van der Waals surface area contributed by atoms with E-state index in [1.54, 1.807) is 23.7 Å². The Morgan fingerprint density at radius 2 is 2.08 bits per heavy atom. The fraction of sp³-hybridized carbons (Fsp3) is 0.526. The van der Waals surface area contributed by atoms with E-state index in [1.807, 2.05) is 17.5 Å². The summed E-state index contributed by atoms with van der Waals surface area (Å²) in [5.41, 5.74) is 1.82. The summed E-state index contributed by atoms with van der Waals surface area (Å²) >= 11 is 1.55. The van der Waals surface area contributed by atoms with Crippen molar-refractivity contribution in [3.63, 3.8) is 0 Å². The van der Waals surface area contributed by atoms with Crippen molar-refractivity contribution >= 4 is 17.2 Å². The Morgan fingerprint density at radius 1 is 1.25 bits per heavy atom. The molecule has 2 heterocycles. The molecule has 0 unspecified atom stereocenters. The summed E-state index contributed by atoms with van der Waals surface area (Å²) in [6.07, 6.45) is 9.99. The highest BCUT2D eigenvalue weighted by atomic mass is 32.1. The van der Waals surface area contributed by atoms with Crippen LogP contribution in [0.25, 0.3) is 10.6 Å². The standard InChI is InChI=1S/C19H27N3OS/c1-15(2)8-5-3-4-6-11-21-18(23)12-17-14-24-19(22-17)16-9-7-10-20-13-16/h7,9-10,13-15H,3-6,8,11-12H2,1-2H3,(H,21,23). The van der Waals surface area contributed by atoms with Crippen LogP contribution in [-0.4, -0.2) is 22.4 Å². The third-order valence-corrected chi connectivity index (χ3v) is 4.77. The van der Waals surface area contributed by atoms with Crippen LogP contribution in [0.2, 0.25) is 0 Å². The number of aromatic nitrogens is 2. The minimum absolute atomic E-state index is 0.0558. The van der Waals surface area contributed by atoms with Crippen molar-refractivity contribution in [1.82, 2.24) is 15.3 Å². The Kier molecular flexibility index (Phi) is 7.89. The molecule has 2 rings (SSSR count). The number of carbonyl (C=O) groups is 1. The highest BCUT2D eigenvalue weighted by Crippen LogP contribution is 2.22. The van der Waals surface area contributed by atoms with Crippen molar-refractivity contribution in [3.8, 4) is 10.6 Å². The van der Waals surface area contributed by atoms with E-state index in [-0.39, 0.29) is 5.91 Å². The van der Waals surface area contributed by atoms with Gasteiger partial charge in [0.05, 0.1) is 12.1 Å². The van der Waals surface area contributed by atoms with Crippen LogP contribution in [0.5, 0.6) is 0 Å². The van der Waals surface area contributed by atoms with Gasteiger partial charge in [-0.3, -0.25) is 9.78 Å². The number of nitrogens with one attached hydrogen (secondary N) is 1. The molecule has 4 nitrogen and oxygen atoms in total. The minimum Gasteiger partial charge on any atom is -0.356 e. The van der Waals surface area contributed by atoms with Crippen LogP contribution in [-0.2, 0) is 11.2 Å². The number of nitrogens with zero attached hydrogens (tertiary/aromatic N) is 2. The largest absolute Gasteiger partial charge is 0.356 e. The van der Waals surface area contributed by atoms with Crippen LogP contribution in [0.3, 0.4) is 0 Å². The number of thiazole rings is 1. The third kappa shape index (κ3) is 6.79. The third-order valence-electron chi connectivity index (χ3n) is 3.83. The molecular weight excluding hydrogens is 318 g/mol. The number of pyridine rings is 1. The molecule has 0 aliphatic carbocycles. The van der Waals surface area contributed by atoms with Gasteiger partial charge in [0.15, 0.2) is 0 Å². The first-order valence-corrected chi connectivity index (χ1v) is 9.64. The summed E-state index contributed by atoms with van der Waals surface area (Å²) in [4.78, 5) is 20.6. The molecule has 0 fully saturated rings. The minimum atomic E-state index is 0.0558. The molecule has 1 amide bonds. The summed E-state index contributed by atoms with van der Waals surface area (Å²) in [6, 6.07) is 3.87. The van der Waals surface area contributed by atoms with Gasteiger partial charge in [-0.25, -0.2) is 4.98 Å². The van der Waals surface area contributed by atoms with Crippen LogP contribution in [0, 0.1) is 5.92 Å². The lowest BCUT2D eigenvalue weighted by molar-refractivity contribution is -0.120. The van der Waals surface area contributed by atoms with Gasteiger partial charge in [-0.05, 0) is 24.5 Å². The quantitative estimate of drug-likeness (QED) is 0.646. The highest BCUT2D eigenvalue weighted by Gasteiger charge is 2.08. The van der Waals surface area contributed by atoms with E-state index in [1.165, 1.54) is 25.7 Å². The van der Waals surface area contributed by atoms with E-state index in [0.29, 0.717) is 6.42 Å². The molecule has 2 aromatic heterocycles. The van der Waals surface area contributed by atoms with Crippen molar-refractivity contribution in [3.05, 3.63) is 35.6 Å². The average Bonchev–Trinajstić information content (AvgIpc) is 3.03. The van der Waals surface area contributed by atoms with E-state index < -0.39 is 0 Å². The molecule has 2 aromatic rings. The van der Waals surface area contributed by atoms with E-state index in [4.69, 9.17) is 0 Å². The average molecular weight is 346 g/mol. The van der Waals surface area contributed by atoms with Crippen molar-refractivity contribution in [1.29, 1.82) is 0 Å². The van der Waals surface area contributed by atoms with E-state index in [9.17, 15) is 4.79 Å². The van der Waals surface area contributed by atoms with Gasteiger partial charge in [-0.15, -0.1) is 11.3 Å². The summed E-state index contributed by atoms with van der Waals surface area (Å²) in [6.45, 7) is 5.29. The zero-order valence-corrected chi connectivity index (χ0v) is 15.4. The zero-order valence-electron chi connectivity index (χ0n) is 14.6. The Hall–Kier alpha value is -1.75. The molecule has 0 bridgehead atoms. The smallest absolute Gasteiger partial charge is 0.226 e. The Morgan fingerprint density at radius 3 is 2.83 bits per heavy atom. The normalized spacial score (nSPS) is 11.0. The molecule has 130 valence electrons. The molecule has 0 saturated carbocycles. The maximum atomic E-state index is 12.0. The van der Waals surface area contributed by atoms with Crippen LogP contribution < -0.4 is 5.32 Å². The van der Waals surface area contributed by atoms with Crippen LogP contribution in [0.4, 0.5) is 0 Å². The van der Waals surface area contributed by atoms with E-state index in [2.05, 4.69) is 29.1 Å². The van der Waals surface area contributed by atoms with Crippen molar-refractivity contribution in [2.45, 2.75) is 52.4 Å². The predicted octanol–water partition coefficient (Wildman–Crippen LogP) is 4.47. The van der Waals surface area contributed by atoms with Gasteiger partial charge in [0, 0.05) is 29.9 Å². The topological polar surface area (TPSA) is 54.9 Å². The fourth-order valence-corrected chi connectivity index (χ4v) is 3.31. The molecule has 0 aromatic carbocycles. The van der Waals surface area contributed by atoms with Crippen LogP contribution >= 0.6 is 11.3 Å². The number of carbonyl (C=O) groups excluding carboxylic acids is 1. The summed E-state index contributed by atoms with van der Waals surface area (Å²) in [5, 5.41) is 5.86. The number of rotatable bonds is 10. The summed E-state index contributed by atoms with van der Waals surface area (Å²) in [5.74, 6) is 0.847. The molecule has 24 heavy (non-hydrogen) atoms. The lowest BCUT2D eigenvalue weighted by Gasteiger charge is -2.05. The first-order valence-electron chi connectivity index (χ1n) is 8.76. The molecule has 0 radical (unpaired) electrons. The Labute approximate surface area is 148 Å². The second kappa shape index (κ2) is 10.2. The van der Waals surface area contributed by atoms with Gasteiger partial charge in [-0.2, -0.15) is 0 Å². The van der Waals surface area contributed by atoms with Crippen molar-refractivity contribution in [2.24, 2.45) is 5.92 Å². The van der Waals surface area contributed by atoms with Gasteiger partial charge < -0.3 is 5.32 Å². The van der Waals surface area contributed by atoms with Crippen LogP contribution in [0.15, 0.2) is 29.9 Å². The highest BCUT2D eigenvalue weighted by molar-refractivity contribution is 7.13. The maximum absolute atomic E-state index is 12.0. The predicted molar refractivity (Wildman–Crippen MR) is 100.0 cm³/mol. The second-order valence-corrected chi connectivity index (χ2v) is 7.37. The second-order valence-electron chi connectivity index (χ2n) is 6.51. The zero-order chi connectivity index (χ0) is 17.2. The summed E-state index contributed by atoms with van der Waals surface area (Å²) in [7, 11) is 0. The molecule has 0 spiro atoms. The number of amides is 1. The first-order chi connectivity index (χ1) is 11.6. The first kappa shape index (κ1) is 18.6.